The van der Waals surface area contributed by atoms with Gasteiger partial charge >= 0.3 is 0 Å². The molecule has 0 fully saturated rings. The first-order valence-corrected chi connectivity index (χ1v) is 8.83. The summed E-state index contributed by atoms with van der Waals surface area (Å²) in [5, 5.41) is 24.4. The molecule has 0 bridgehead atoms. The van der Waals surface area contributed by atoms with Crippen molar-refractivity contribution < 1.29 is 19.6 Å². The average molecular weight is 567 g/mol. The largest absolute Gasteiger partial charge is 0.506 e. The molecular weight excluding hydrogens is 556 g/mol. The summed E-state index contributed by atoms with van der Waals surface area (Å²) in [4.78, 5) is 22.5. The molecule has 25 heavy (non-hydrogen) atoms. The molecule has 2 N–H and O–H groups in total. The van der Waals surface area contributed by atoms with Crippen LogP contribution in [0.3, 0.4) is 0 Å². The monoisotopic (exact) mass is 567 g/mol. The smallest absolute Gasteiger partial charge is 0.275 e. The molecule has 0 heterocycles. The van der Waals surface area contributed by atoms with Gasteiger partial charge in [0.15, 0.2) is 0 Å². The lowest BCUT2D eigenvalue weighted by Crippen LogP contribution is -2.18. The first-order valence-electron chi connectivity index (χ1n) is 6.67. The van der Waals surface area contributed by atoms with Gasteiger partial charge in [-0.1, -0.05) is 0 Å². The third kappa shape index (κ3) is 4.78. The summed E-state index contributed by atoms with van der Waals surface area (Å²) in [5.41, 5.74) is 2.76. The maximum absolute atomic E-state index is 12.2. The molecule has 10 heteroatoms. The normalized spacial score (nSPS) is 10.7. The molecule has 0 aliphatic carbocycles. The van der Waals surface area contributed by atoms with Gasteiger partial charge < -0.3 is 9.84 Å². The van der Waals surface area contributed by atoms with Crippen LogP contribution in [-0.4, -0.2) is 29.3 Å². The van der Waals surface area contributed by atoms with Gasteiger partial charge in [-0.15, -0.1) is 0 Å². The first-order chi connectivity index (χ1) is 11.8. The maximum Gasteiger partial charge on any atom is 0.275 e. The molecule has 0 atom stereocenters. The second kappa shape index (κ2) is 8.42. The van der Waals surface area contributed by atoms with Gasteiger partial charge in [0.25, 0.3) is 11.6 Å². The van der Waals surface area contributed by atoms with Crippen LogP contribution < -0.4 is 10.2 Å². The number of non-ortho nitro benzene ring substituents is 1. The zero-order valence-corrected chi connectivity index (χ0v) is 17.0. The van der Waals surface area contributed by atoms with Gasteiger partial charge in [0.05, 0.1) is 31.0 Å². The number of rotatable bonds is 5. The predicted octanol–water partition coefficient (Wildman–Crippen LogP) is 3.28. The highest BCUT2D eigenvalue weighted by Gasteiger charge is 2.17. The zero-order valence-electron chi connectivity index (χ0n) is 12.7. The number of phenolic OH excluding ortho intramolecular Hbond substituents is 1. The number of carbonyl (C=O) groups is 1. The summed E-state index contributed by atoms with van der Waals surface area (Å²) >= 11 is 3.97. The Labute approximate surface area is 169 Å². The van der Waals surface area contributed by atoms with Crippen molar-refractivity contribution in [3.63, 3.8) is 0 Å². The maximum atomic E-state index is 12.2. The Hall–Kier alpha value is -1.96. The number of halogens is 2. The van der Waals surface area contributed by atoms with E-state index in [9.17, 15) is 20.0 Å². The van der Waals surface area contributed by atoms with E-state index < -0.39 is 10.8 Å². The fourth-order valence-corrected chi connectivity index (χ4v) is 3.69. The van der Waals surface area contributed by atoms with Crippen LogP contribution in [-0.2, 0) is 0 Å². The van der Waals surface area contributed by atoms with Crippen LogP contribution in [0.1, 0.15) is 15.9 Å². The van der Waals surface area contributed by atoms with Crippen LogP contribution in [0.2, 0.25) is 0 Å². The summed E-state index contributed by atoms with van der Waals surface area (Å²) in [6.45, 7) is 0. The van der Waals surface area contributed by atoms with Gasteiger partial charge in [-0.25, -0.2) is 5.43 Å². The van der Waals surface area contributed by atoms with Crippen molar-refractivity contribution in [2.75, 3.05) is 7.11 Å². The summed E-state index contributed by atoms with van der Waals surface area (Å²) in [5.74, 6) is -0.254. The Kier molecular flexibility index (Phi) is 6.52. The number of hydrazone groups is 1. The lowest BCUT2D eigenvalue weighted by Gasteiger charge is -2.06. The van der Waals surface area contributed by atoms with Crippen LogP contribution in [0.15, 0.2) is 35.4 Å². The quantitative estimate of drug-likeness (QED) is 0.249. The van der Waals surface area contributed by atoms with Crippen LogP contribution in [0.4, 0.5) is 5.69 Å². The number of methoxy groups -OCH3 is 1. The number of nitrogens with one attached hydrogen (secondary N) is 1. The zero-order chi connectivity index (χ0) is 18.6. The highest BCUT2D eigenvalue weighted by atomic mass is 127. The number of nitrogens with zero attached hydrogens (tertiary/aromatic N) is 2. The molecule has 2 aromatic rings. The lowest BCUT2D eigenvalue weighted by molar-refractivity contribution is -0.384. The van der Waals surface area contributed by atoms with Crippen LogP contribution in [0.5, 0.6) is 11.5 Å². The Morgan fingerprint density at radius 1 is 1.32 bits per heavy atom. The molecule has 130 valence electrons. The van der Waals surface area contributed by atoms with E-state index in [2.05, 4.69) is 10.5 Å². The summed E-state index contributed by atoms with van der Waals surface area (Å²) in [7, 11) is 1.36. The molecule has 0 aliphatic rings. The van der Waals surface area contributed by atoms with Gasteiger partial charge in [-0.2, -0.15) is 5.10 Å². The number of ether oxygens (including phenoxy) is 1. The van der Waals surface area contributed by atoms with Gasteiger partial charge in [0.1, 0.15) is 11.5 Å². The van der Waals surface area contributed by atoms with E-state index in [0.717, 1.165) is 6.07 Å². The van der Waals surface area contributed by atoms with Gasteiger partial charge in [-0.05, 0) is 68.9 Å². The van der Waals surface area contributed by atoms with Crippen molar-refractivity contribution in [2.45, 2.75) is 0 Å². The second-order valence-electron chi connectivity index (χ2n) is 4.67. The molecule has 0 aromatic heterocycles. The van der Waals surface area contributed by atoms with Crippen LogP contribution in [0, 0.1) is 17.3 Å². The van der Waals surface area contributed by atoms with Gasteiger partial charge in [0, 0.05) is 12.1 Å². The number of aromatic hydroxyl groups is 1. The third-order valence-corrected chi connectivity index (χ3v) is 4.70. The number of carbonyl (C=O) groups excluding carboxylic acids is 1. The molecule has 0 radical (unpaired) electrons. The number of benzene rings is 2. The molecular formula is C15H11I2N3O5. The number of amides is 1. The molecule has 1 amide bonds. The molecule has 2 aromatic carbocycles. The first kappa shape index (κ1) is 19.4. The van der Waals surface area contributed by atoms with E-state index in [1.807, 2.05) is 45.2 Å². The Morgan fingerprint density at radius 2 is 1.96 bits per heavy atom. The number of nitro benzene ring substituents is 1. The van der Waals surface area contributed by atoms with Crippen LogP contribution >= 0.6 is 45.2 Å². The van der Waals surface area contributed by atoms with E-state index in [1.54, 1.807) is 12.1 Å². The summed E-state index contributed by atoms with van der Waals surface area (Å²) in [6, 6.07) is 7.11. The van der Waals surface area contributed by atoms with Crippen molar-refractivity contribution >= 4 is 63.0 Å². The number of hydrogen-bond acceptors (Lipinski definition) is 6. The third-order valence-electron chi connectivity index (χ3n) is 3.06. The average Bonchev–Trinajstić information content (AvgIpc) is 2.58. The van der Waals surface area contributed by atoms with Crippen molar-refractivity contribution in [3.8, 4) is 11.5 Å². The Balaban J connectivity index is 2.20. The highest BCUT2D eigenvalue weighted by Crippen LogP contribution is 2.27. The number of hydrogen-bond donors (Lipinski definition) is 2. The van der Waals surface area contributed by atoms with Gasteiger partial charge in [-0.3, -0.25) is 14.9 Å². The second-order valence-corrected chi connectivity index (χ2v) is 7.00. The van der Waals surface area contributed by atoms with E-state index in [1.165, 1.54) is 25.5 Å². The topological polar surface area (TPSA) is 114 Å². The predicted molar refractivity (Wildman–Crippen MR) is 108 cm³/mol. The van der Waals surface area contributed by atoms with E-state index in [0.29, 0.717) is 12.7 Å². The van der Waals surface area contributed by atoms with Gasteiger partial charge in [0.2, 0.25) is 0 Å². The SMILES string of the molecule is COc1ccc([N+](=O)[O-])cc1C(=O)N/N=C\c1cc(I)c(O)c(I)c1. The van der Waals surface area contributed by atoms with Crippen LogP contribution in [0.25, 0.3) is 0 Å². The fourth-order valence-electron chi connectivity index (χ4n) is 1.87. The molecule has 0 spiro atoms. The van der Waals surface area contributed by atoms with E-state index >= 15 is 0 Å². The lowest BCUT2D eigenvalue weighted by atomic mass is 10.1. The minimum Gasteiger partial charge on any atom is -0.506 e. The highest BCUT2D eigenvalue weighted by molar-refractivity contribution is 14.1. The van der Waals surface area contributed by atoms with E-state index in [-0.39, 0.29) is 22.7 Å². The number of nitro groups is 1. The summed E-state index contributed by atoms with van der Waals surface area (Å²) < 4.78 is 6.35. The Bertz CT molecular complexity index is 847. The molecule has 8 nitrogen and oxygen atoms in total. The molecule has 2 rings (SSSR count). The Morgan fingerprint density at radius 3 is 2.52 bits per heavy atom. The molecule has 0 unspecified atom stereocenters. The van der Waals surface area contributed by atoms with E-state index in [4.69, 9.17) is 4.74 Å². The number of phenols is 1. The minimum absolute atomic E-state index is 0.00344. The molecule has 0 saturated heterocycles. The standard InChI is InChI=1S/C15H11I2N3O5/c1-25-13-3-2-9(20(23)24)6-10(13)15(22)19-18-7-8-4-11(16)14(21)12(17)5-8/h2-7,21H,1H3,(H,19,22)/b18-7-. The summed E-state index contributed by atoms with van der Waals surface area (Å²) in [6.07, 6.45) is 1.41. The van der Waals surface area contributed by atoms with Crippen molar-refractivity contribution in [1.82, 2.24) is 5.43 Å². The minimum atomic E-state index is -0.639. The van der Waals surface area contributed by atoms with Crippen molar-refractivity contribution in [3.05, 3.63) is 58.7 Å². The van der Waals surface area contributed by atoms with Crippen molar-refractivity contribution in [2.24, 2.45) is 5.10 Å². The fraction of sp³-hybridized carbons (Fsp3) is 0.0667. The molecule has 0 aliphatic heterocycles. The van der Waals surface area contributed by atoms with Crippen molar-refractivity contribution in [1.29, 1.82) is 0 Å². The molecule has 0 saturated carbocycles.